The van der Waals surface area contributed by atoms with Gasteiger partial charge in [-0.3, -0.25) is 5.01 Å². The highest BCUT2D eigenvalue weighted by Gasteiger charge is 2.23. The lowest BCUT2D eigenvalue weighted by molar-refractivity contribution is 0.416. The molecule has 0 saturated heterocycles. The van der Waals surface area contributed by atoms with Crippen LogP contribution in [0.4, 0.5) is 0 Å². The van der Waals surface area contributed by atoms with Crippen LogP contribution in [-0.2, 0) is 6.42 Å². The molecule has 0 fully saturated rings. The summed E-state index contributed by atoms with van der Waals surface area (Å²) < 4.78 is 0. The number of allylic oxidation sites excluding steroid dienone is 6. The number of rotatable bonds is 4. The van der Waals surface area contributed by atoms with E-state index in [0.29, 0.717) is 0 Å². The van der Waals surface area contributed by atoms with Crippen molar-refractivity contribution < 1.29 is 0 Å². The topological polar surface area (TPSA) is 39.4 Å². The molecule has 0 aromatic heterocycles. The fourth-order valence-corrected chi connectivity index (χ4v) is 4.32. The average Bonchev–Trinajstić information content (AvgIpc) is 2.78. The molecule has 0 radical (unpaired) electrons. The molecule has 1 aliphatic carbocycles. The van der Waals surface area contributed by atoms with Gasteiger partial charge in [0.25, 0.3) is 0 Å². The monoisotopic (exact) mass is 393 g/mol. The third kappa shape index (κ3) is 3.50. The van der Waals surface area contributed by atoms with E-state index in [1.165, 1.54) is 33.5 Å². The summed E-state index contributed by atoms with van der Waals surface area (Å²) in [4.78, 5) is 0. The molecule has 2 aromatic carbocycles. The van der Waals surface area contributed by atoms with Crippen molar-refractivity contribution in [2.24, 2.45) is 11.0 Å². The number of hydrazone groups is 1. The molecule has 3 nitrogen and oxygen atoms in total. The largest absolute Gasteiger partial charge is 0.273 e. The predicted octanol–water partition coefficient (Wildman–Crippen LogP) is 6.26. The van der Waals surface area contributed by atoms with E-state index in [1.54, 1.807) is 0 Å². The van der Waals surface area contributed by atoms with Gasteiger partial charge >= 0.3 is 0 Å². The molecular formula is C27H27N3. The van der Waals surface area contributed by atoms with Crippen LogP contribution in [0.25, 0.3) is 16.7 Å². The molecule has 0 spiro atoms. The van der Waals surface area contributed by atoms with Gasteiger partial charge in [-0.2, -0.15) is 10.4 Å². The summed E-state index contributed by atoms with van der Waals surface area (Å²) in [7, 11) is 2.02. The minimum absolute atomic E-state index is 0.246. The summed E-state index contributed by atoms with van der Waals surface area (Å²) in [6, 6.07) is 15.2. The Bertz CT molecular complexity index is 1160. The molecule has 1 atom stereocenters. The second-order valence-electron chi connectivity index (χ2n) is 7.90. The first kappa shape index (κ1) is 19.9. The van der Waals surface area contributed by atoms with Crippen LogP contribution in [0.15, 0.2) is 71.0 Å². The predicted molar refractivity (Wildman–Crippen MR) is 125 cm³/mol. The second kappa shape index (κ2) is 8.16. The molecule has 0 bridgehead atoms. The van der Waals surface area contributed by atoms with E-state index in [4.69, 9.17) is 0 Å². The minimum atomic E-state index is 0.246. The van der Waals surface area contributed by atoms with Crippen LogP contribution in [0.5, 0.6) is 0 Å². The lowest BCUT2D eigenvalue weighted by atomic mass is 9.84. The maximum Gasteiger partial charge on any atom is 0.0994 e. The van der Waals surface area contributed by atoms with E-state index in [2.05, 4.69) is 73.6 Å². The lowest BCUT2D eigenvalue weighted by Gasteiger charge is -2.29. The molecule has 30 heavy (non-hydrogen) atoms. The fourth-order valence-electron chi connectivity index (χ4n) is 4.32. The van der Waals surface area contributed by atoms with Crippen LogP contribution in [-0.4, -0.2) is 18.3 Å². The summed E-state index contributed by atoms with van der Waals surface area (Å²) in [5, 5.41) is 15.8. The third-order valence-corrected chi connectivity index (χ3v) is 6.07. The van der Waals surface area contributed by atoms with Crippen molar-refractivity contribution in [3.63, 3.8) is 0 Å². The van der Waals surface area contributed by atoms with Gasteiger partial charge in [0, 0.05) is 24.9 Å². The van der Waals surface area contributed by atoms with Crippen LogP contribution in [0.2, 0.25) is 0 Å². The molecule has 2 aliphatic rings. The highest BCUT2D eigenvalue weighted by molar-refractivity contribution is 5.90. The van der Waals surface area contributed by atoms with E-state index >= 15 is 0 Å². The Morgan fingerprint density at radius 3 is 2.60 bits per heavy atom. The van der Waals surface area contributed by atoms with Gasteiger partial charge in [0.1, 0.15) is 0 Å². The van der Waals surface area contributed by atoms with Crippen molar-refractivity contribution >= 4 is 11.8 Å². The van der Waals surface area contributed by atoms with E-state index in [1.807, 2.05) is 31.3 Å². The first-order chi connectivity index (χ1) is 14.5. The highest BCUT2D eigenvalue weighted by atomic mass is 15.4. The molecule has 0 amide bonds. The Hall–Kier alpha value is -3.38. The molecule has 1 aliphatic heterocycles. The normalized spacial score (nSPS) is 17.6. The van der Waals surface area contributed by atoms with Gasteiger partial charge in [0.05, 0.1) is 11.6 Å². The molecule has 150 valence electrons. The Kier molecular flexibility index (Phi) is 5.42. The maximum atomic E-state index is 9.31. The Morgan fingerprint density at radius 2 is 1.90 bits per heavy atom. The second-order valence-corrected chi connectivity index (χ2v) is 7.90. The van der Waals surface area contributed by atoms with Crippen molar-refractivity contribution in [1.29, 1.82) is 5.26 Å². The Morgan fingerprint density at radius 1 is 1.07 bits per heavy atom. The van der Waals surface area contributed by atoms with E-state index in [0.717, 1.165) is 29.5 Å². The van der Waals surface area contributed by atoms with Crippen molar-refractivity contribution in [3.05, 3.63) is 88.2 Å². The van der Waals surface area contributed by atoms with E-state index in [-0.39, 0.29) is 5.92 Å². The summed E-state index contributed by atoms with van der Waals surface area (Å²) in [6.45, 7) is 6.37. The number of fused-ring (bicyclic) bond motifs is 1. The van der Waals surface area contributed by atoms with Crippen molar-refractivity contribution in [2.75, 3.05) is 7.05 Å². The quantitative estimate of drug-likeness (QED) is 0.615. The zero-order valence-corrected chi connectivity index (χ0v) is 18.1. The first-order valence-electron chi connectivity index (χ1n) is 10.6. The molecule has 0 N–H and O–H groups in total. The standard InChI is InChI=1S/C27H27N3/c1-5-19-7-12-24(25(14-19)20-8-10-22(16-28)18(3)13-20)21-9-11-23-17-29-30(4)27(6-2)26(23)15-21/h7-15,17,23H,5-6H2,1-4H3. The van der Waals surface area contributed by atoms with Gasteiger partial charge in [0.2, 0.25) is 0 Å². The summed E-state index contributed by atoms with van der Waals surface area (Å²) in [6.07, 6.45) is 10.8. The van der Waals surface area contributed by atoms with Crippen molar-refractivity contribution in [1.82, 2.24) is 5.01 Å². The lowest BCUT2D eigenvalue weighted by Crippen LogP contribution is -2.23. The van der Waals surface area contributed by atoms with Crippen LogP contribution in [0, 0.1) is 24.2 Å². The molecule has 2 aromatic rings. The van der Waals surface area contributed by atoms with Gasteiger partial charge in [-0.05, 0) is 70.9 Å². The summed E-state index contributed by atoms with van der Waals surface area (Å²) >= 11 is 0. The van der Waals surface area contributed by atoms with Crippen molar-refractivity contribution in [3.8, 4) is 17.2 Å². The Balaban J connectivity index is 1.87. The minimum Gasteiger partial charge on any atom is -0.273 e. The van der Waals surface area contributed by atoms with Crippen LogP contribution in [0.3, 0.4) is 0 Å². The number of hydrogen-bond donors (Lipinski definition) is 0. The summed E-state index contributed by atoms with van der Waals surface area (Å²) in [5.41, 5.74) is 10.5. The number of benzene rings is 2. The zero-order valence-electron chi connectivity index (χ0n) is 18.1. The molecular weight excluding hydrogens is 366 g/mol. The maximum absolute atomic E-state index is 9.31. The zero-order chi connectivity index (χ0) is 21.3. The SMILES string of the molecule is CCC1=C2C=C(c3ccc(CC)cc3-c3ccc(C#N)c(C)c3)C=CC2C=NN1C. The molecule has 0 saturated carbocycles. The molecule has 1 unspecified atom stereocenters. The van der Waals surface area contributed by atoms with E-state index in [9.17, 15) is 5.26 Å². The van der Waals surface area contributed by atoms with Gasteiger partial charge in [-0.15, -0.1) is 0 Å². The number of nitrogens with zero attached hydrogens (tertiary/aromatic N) is 3. The number of nitriles is 1. The fraction of sp³-hybridized carbons (Fsp3) is 0.259. The average molecular weight is 394 g/mol. The van der Waals surface area contributed by atoms with E-state index < -0.39 is 0 Å². The Labute approximate surface area is 179 Å². The smallest absolute Gasteiger partial charge is 0.0994 e. The van der Waals surface area contributed by atoms with Gasteiger partial charge < -0.3 is 0 Å². The molecule has 1 heterocycles. The van der Waals surface area contributed by atoms with Gasteiger partial charge in [-0.25, -0.2) is 0 Å². The molecule has 4 rings (SSSR count). The first-order valence-corrected chi connectivity index (χ1v) is 10.6. The van der Waals surface area contributed by atoms with Gasteiger partial charge in [-0.1, -0.05) is 56.3 Å². The third-order valence-electron chi connectivity index (χ3n) is 6.07. The molecule has 3 heteroatoms. The highest BCUT2D eigenvalue weighted by Crippen LogP contribution is 2.37. The number of hydrogen-bond acceptors (Lipinski definition) is 3. The van der Waals surface area contributed by atoms with Crippen LogP contribution >= 0.6 is 0 Å². The van der Waals surface area contributed by atoms with Crippen molar-refractivity contribution in [2.45, 2.75) is 33.6 Å². The van der Waals surface area contributed by atoms with Crippen LogP contribution in [0.1, 0.15) is 42.5 Å². The van der Waals surface area contributed by atoms with Gasteiger partial charge in [0.15, 0.2) is 0 Å². The van der Waals surface area contributed by atoms with Crippen LogP contribution < -0.4 is 0 Å². The number of aryl methyl sites for hydroxylation is 2. The summed E-state index contributed by atoms with van der Waals surface area (Å²) in [5.74, 6) is 0.246.